The Morgan fingerprint density at radius 2 is 1.51 bits per heavy atom. The highest BCUT2D eigenvalue weighted by atomic mass is 16.5. The Bertz CT molecular complexity index is 1280. The summed E-state index contributed by atoms with van der Waals surface area (Å²) >= 11 is 0. The highest BCUT2D eigenvalue weighted by molar-refractivity contribution is 5.86. The molecule has 8 nitrogen and oxygen atoms in total. The van der Waals surface area contributed by atoms with E-state index >= 15 is 0 Å². The smallest absolute Gasteiger partial charge is 0.407 e. The van der Waals surface area contributed by atoms with Gasteiger partial charge in [0.05, 0.1) is 6.42 Å². The molecule has 216 valence electrons. The molecule has 3 aromatic carbocycles. The van der Waals surface area contributed by atoms with Gasteiger partial charge in [0.2, 0.25) is 5.91 Å². The summed E-state index contributed by atoms with van der Waals surface area (Å²) in [5, 5.41) is 15.0. The minimum atomic E-state index is -0.978. The number of hydrogen-bond acceptors (Lipinski definition) is 5. The average molecular weight is 558 g/mol. The predicted molar refractivity (Wildman–Crippen MR) is 158 cm³/mol. The Labute approximate surface area is 241 Å². The molecule has 0 aromatic heterocycles. The number of carbonyl (C=O) groups is 3. The summed E-state index contributed by atoms with van der Waals surface area (Å²) in [5.74, 6) is -1.51. The Morgan fingerprint density at radius 3 is 2.12 bits per heavy atom. The third-order valence-corrected chi connectivity index (χ3v) is 7.42. The first kappa shape index (κ1) is 29.8. The van der Waals surface area contributed by atoms with E-state index in [1.807, 2.05) is 73.5 Å². The summed E-state index contributed by atoms with van der Waals surface area (Å²) in [6.07, 6.45) is 1.35. The van der Waals surface area contributed by atoms with E-state index < -0.39 is 30.1 Å². The summed E-state index contributed by atoms with van der Waals surface area (Å²) < 4.78 is 5.71. The number of rotatable bonds is 14. The zero-order valence-corrected chi connectivity index (χ0v) is 23.7. The molecule has 2 amide bonds. The van der Waals surface area contributed by atoms with Gasteiger partial charge >= 0.3 is 12.1 Å². The number of benzene rings is 3. The van der Waals surface area contributed by atoms with Gasteiger partial charge in [-0.2, -0.15) is 0 Å². The molecular weight excluding hydrogens is 518 g/mol. The van der Waals surface area contributed by atoms with Crippen molar-refractivity contribution in [3.8, 4) is 11.1 Å². The van der Waals surface area contributed by atoms with Crippen LogP contribution in [0.3, 0.4) is 0 Å². The number of nitrogens with one attached hydrogen (secondary N) is 2. The first-order valence-corrected chi connectivity index (χ1v) is 14.2. The molecule has 1 aliphatic carbocycles. The number of amides is 2. The van der Waals surface area contributed by atoms with Gasteiger partial charge in [-0.1, -0.05) is 98.6 Å². The van der Waals surface area contributed by atoms with Crippen molar-refractivity contribution in [2.45, 2.75) is 57.2 Å². The normalized spacial score (nSPS) is 13.6. The number of nitrogens with zero attached hydrogens (tertiary/aromatic N) is 1. The topological polar surface area (TPSA) is 108 Å². The number of carboxylic acids is 1. The summed E-state index contributed by atoms with van der Waals surface area (Å²) in [7, 11) is 1.87. The van der Waals surface area contributed by atoms with Crippen molar-refractivity contribution in [1.82, 2.24) is 15.5 Å². The van der Waals surface area contributed by atoms with Crippen LogP contribution in [-0.2, 0) is 20.9 Å². The maximum atomic E-state index is 13.4. The number of hydrogen-bond donors (Lipinski definition) is 3. The van der Waals surface area contributed by atoms with Crippen molar-refractivity contribution in [3.63, 3.8) is 0 Å². The van der Waals surface area contributed by atoms with Crippen molar-refractivity contribution < 1.29 is 24.2 Å². The third-order valence-electron chi connectivity index (χ3n) is 7.42. The second-order valence-corrected chi connectivity index (χ2v) is 10.7. The second kappa shape index (κ2) is 14.5. The van der Waals surface area contributed by atoms with Gasteiger partial charge in [0.1, 0.15) is 12.6 Å². The fraction of sp³-hybridized carbons (Fsp3) is 0.364. The third kappa shape index (κ3) is 8.17. The molecule has 0 saturated heterocycles. The molecule has 0 spiro atoms. The number of unbranched alkanes of at least 4 members (excludes halogenated alkanes) is 1. The van der Waals surface area contributed by atoms with Crippen molar-refractivity contribution in [2.75, 3.05) is 20.2 Å². The molecule has 1 aliphatic rings. The van der Waals surface area contributed by atoms with Crippen LogP contribution in [0.5, 0.6) is 0 Å². The monoisotopic (exact) mass is 557 g/mol. The van der Waals surface area contributed by atoms with Crippen LogP contribution in [0, 0.1) is 0 Å². The summed E-state index contributed by atoms with van der Waals surface area (Å²) in [5.41, 5.74) is 5.54. The zero-order valence-electron chi connectivity index (χ0n) is 23.7. The van der Waals surface area contributed by atoms with Crippen LogP contribution in [0.1, 0.15) is 55.2 Å². The lowest BCUT2D eigenvalue weighted by molar-refractivity contribution is -0.137. The molecule has 3 aromatic rings. The second-order valence-electron chi connectivity index (χ2n) is 10.7. The maximum absolute atomic E-state index is 13.4. The lowest BCUT2D eigenvalue weighted by Crippen LogP contribution is -2.54. The fourth-order valence-corrected chi connectivity index (χ4v) is 5.44. The fourth-order valence-electron chi connectivity index (χ4n) is 5.44. The average Bonchev–Trinajstić information content (AvgIpc) is 3.28. The van der Waals surface area contributed by atoms with E-state index in [0.29, 0.717) is 13.0 Å². The van der Waals surface area contributed by atoms with Crippen LogP contribution in [0.25, 0.3) is 11.1 Å². The van der Waals surface area contributed by atoms with Crippen molar-refractivity contribution in [1.29, 1.82) is 0 Å². The Kier molecular flexibility index (Phi) is 10.5. The number of ether oxygens (including phenoxy) is 1. The summed E-state index contributed by atoms with van der Waals surface area (Å²) in [6, 6.07) is 24.6. The van der Waals surface area contributed by atoms with Gasteiger partial charge in [-0.3, -0.25) is 14.5 Å². The Morgan fingerprint density at radius 1 is 0.902 bits per heavy atom. The minimum Gasteiger partial charge on any atom is -0.481 e. The molecule has 0 saturated carbocycles. The van der Waals surface area contributed by atoms with Crippen LogP contribution in [0.2, 0.25) is 0 Å². The Balaban J connectivity index is 1.44. The molecule has 0 fully saturated rings. The standard InChI is InChI=1S/C33H39N3O5/c1-3-4-14-24(19-31(37)38)34-32(39)30(21-36(2)20-23-12-6-5-7-13-23)35-33(40)41-22-29-27-17-10-8-15-25(27)26-16-9-11-18-28(26)29/h5-13,15-18,24,29-30H,3-4,14,19-22H2,1-2H3,(H,34,39)(H,35,40)(H,37,38)/t24-,30?/m1/s1. The van der Waals surface area contributed by atoms with E-state index in [4.69, 9.17) is 4.74 Å². The van der Waals surface area contributed by atoms with Crippen molar-refractivity contribution in [2.24, 2.45) is 0 Å². The largest absolute Gasteiger partial charge is 0.481 e. The molecule has 1 unspecified atom stereocenters. The molecule has 3 N–H and O–H groups in total. The molecule has 0 bridgehead atoms. The predicted octanol–water partition coefficient (Wildman–Crippen LogP) is 5.18. The van der Waals surface area contributed by atoms with Crippen LogP contribution in [0.4, 0.5) is 4.79 Å². The molecule has 41 heavy (non-hydrogen) atoms. The van der Waals surface area contributed by atoms with Gasteiger partial charge in [-0.05, 0) is 41.3 Å². The number of aliphatic carboxylic acids is 1. The number of fused-ring (bicyclic) bond motifs is 3. The van der Waals surface area contributed by atoms with Crippen LogP contribution in [-0.4, -0.2) is 60.3 Å². The van der Waals surface area contributed by atoms with Gasteiger partial charge in [-0.25, -0.2) is 4.79 Å². The van der Waals surface area contributed by atoms with Gasteiger partial charge in [0, 0.05) is 25.0 Å². The lowest BCUT2D eigenvalue weighted by atomic mass is 9.98. The maximum Gasteiger partial charge on any atom is 0.407 e. The minimum absolute atomic E-state index is 0.102. The van der Waals surface area contributed by atoms with E-state index in [-0.39, 0.29) is 25.5 Å². The summed E-state index contributed by atoms with van der Waals surface area (Å²) in [6.45, 7) is 2.94. The summed E-state index contributed by atoms with van der Waals surface area (Å²) in [4.78, 5) is 39.9. The zero-order chi connectivity index (χ0) is 29.2. The number of carboxylic acid groups (broad SMARTS) is 1. The van der Waals surface area contributed by atoms with E-state index in [9.17, 15) is 19.5 Å². The van der Waals surface area contributed by atoms with Crippen molar-refractivity contribution >= 4 is 18.0 Å². The quantitative estimate of drug-likeness (QED) is 0.252. The highest BCUT2D eigenvalue weighted by Gasteiger charge is 2.30. The van der Waals surface area contributed by atoms with Crippen LogP contribution in [0.15, 0.2) is 78.9 Å². The van der Waals surface area contributed by atoms with Gasteiger partial charge in [0.15, 0.2) is 0 Å². The van der Waals surface area contributed by atoms with Crippen LogP contribution < -0.4 is 10.6 Å². The van der Waals surface area contributed by atoms with Gasteiger partial charge < -0.3 is 20.5 Å². The number of likely N-dealkylation sites (N-methyl/N-ethyl adjacent to an activating group) is 1. The molecule has 8 heteroatoms. The SMILES string of the molecule is CCCC[C@H](CC(=O)O)NC(=O)C(CN(C)Cc1ccccc1)NC(=O)OCC1c2ccccc2-c2ccccc21. The van der Waals surface area contributed by atoms with Gasteiger partial charge in [0.25, 0.3) is 0 Å². The number of carbonyl (C=O) groups excluding carboxylic acids is 2. The van der Waals surface area contributed by atoms with E-state index in [0.717, 1.165) is 40.7 Å². The molecule has 0 aliphatic heterocycles. The first-order chi connectivity index (χ1) is 19.9. The molecular formula is C33H39N3O5. The molecule has 0 heterocycles. The first-order valence-electron chi connectivity index (χ1n) is 14.2. The molecule has 2 atom stereocenters. The lowest BCUT2D eigenvalue weighted by Gasteiger charge is -2.26. The van der Waals surface area contributed by atoms with Gasteiger partial charge in [-0.15, -0.1) is 0 Å². The molecule has 4 rings (SSSR count). The van der Waals surface area contributed by atoms with E-state index in [2.05, 4.69) is 34.9 Å². The molecule has 0 radical (unpaired) electrons. The van der Waals surface area contributed by atoms with Crippen molar-refractivity contribution in [3.05, 3.63) is 95.6 Å². The highest BCUT2D eigenvalue weighted by Crippen LogP contribution is 2.44. The van der Waals surface area contributed by atoms with Crippen LogP contribution >= 0.6 is 0 Å². The number of alkyl carbamates (subject to hydrolysis) is 1. The van der Waals surface area contributed by atoms with E-state index in [1.165, 1.54) is 0 Å². The Hall–Kier alpha value is -4.17. The van der Waals surface area contributed by atoms with E-state index in [1.54, 1.807) is 0 Å².